The van der Waals surface area contributed by atoms with Gasteiger partial charge in [0.2, 0.25) is 11.6 Å². The van der Waals surface area contributed by atoms with Crippen molar-refractivity contribution in [2.24, 2.45) is 0 Å². The van der Waals surface area contributed by atoms with Crippen LogP contribution in [0, 0.1) is 6.92 Å². The van der Waals surface area contributed by atoms with E-state index in [0.29, 0.717) is 41.9 Å². The summed E-state index contributed by atoms with van der Waals surface area (Å²) in [5.41, 5.74) is 3.57. The van der Waals surface area contributed by atoms with Crippen molar-refractivity contribution in [1.82, 2.24) is 20.1 Å². The van der Waals surface area contributed by atoms with Gasteiger partial charge in [-0.15, -0.1) is 0 Å². The predicted octanol–water partition coefficient (Wildman–Crippen LogP) is 3.26. The Kier molecular flexibility index (Phi) is 8.45. The third-order valence-corrected chi connectivity index (χ3v) is 6.32. The van der Waals surface area contributed by atoms with Crippen molar-refractivity contribution in [1.29, 1.82) is 0 Å². The summed E-state index contributed by atoms with van der Waals surface area (Å²) in [6, 6.07) is 12.0. The van der Waals surface area contributed by atoms with E-state index < -0.39 is 0 Å². The number of nitrogens with zero attached hydrogens (tertiary/aromatic N) is 3. The first kappa shape index (κ1) is 25.5. The lowest BCUT2D eigenvalue weighted by atomic mass is 10.1. The quantitative estimate of drug-likeness (QED) is 0.460. The molecular weight excluding hydrogens is 460 g/mol. The van der Waals surface area contributed by atoms with E-state index in [9.17, 15) is 4.79 Å². The SMILES string of the molecule is COc1ccc(CN2CCN(Cc3nc(C(=O)NCc4cccc(C)c4)co3)CC2)c(OC)c1OC. The fraction of sp³-hybridized carbons (Fsp3) is 0.407. The third-order valence-electron chi connectivity index (χ3n) is 6.32. The minimum absolute atomic E-state index is 0.236. The molecule has 2 aromatic carbocycles. The number of ether oxygens (including phenoxy) is 3. The highest BCUT2D eigenvalue weighted by molar-refractivity contribution is 5.91. The molecule has 0 aliphatic carbocycles. The molecule has 1 amide bonds. The second-order valence-corrected chi connectivity index (χ2v) is 8.84. The second-order valence-electron chi connectivity index (χ2n) is 8.84. The molecule has 0 spiro atoms. The number of hydrogen-bond donors (Lipinski definition) is 1. The van der Waals surface area contributed by atoms with Crippen LogP contribution < -0.4 is 19.5 Å². The zero-order valence-electron chi connectivity index (χ0n) is 21.4. The first-order valence-corrected chi connectivity index (χ1v) is 12.0. The van der Waals surface area contributed by atoms with E-state index in [0.717, 1.165) is 49.4 Å². The van der Waals surface area contributed by atoms with Crippen molar-refractivity contribution < 1.29 is 23.4 Å². The topological polar surface area (TPSA) is 89.3 Å². The van der Waals surface area contributed by atoms with Gasteiger partial charge in [-0.2, -0.15) is 0 Å². The molecule has 9 nitrogen and oxygen atoms in total. The van der Waals surface area contributed by atoms with Gasteiger partial charge < -0.3 is 23.9 Å². The monoisotopic (exact) mass is 494 g/mol. The lowest BCUT2D eigenvalue weighted by Crippen LogP contribution is -2.45. The van der Waals surface area contributed by atoms with Gasteiger partial charge >= 0.3 is 0 Å². The normalized spacial score (nSPS) is 14.4. The number of piperazine rings is 1. The summed E-state index contributed by atoms with van der Waals surface area (Å²) in [6.45, 7) is 7.32. The van der Waals surface area contributed by atoms with Gasteiger partial charge in [0.05, 0.1) is 27.9 Å². The molecular formula is C27H34N4O5. The fourth-order valence-electron chi connectivity index (χ4n) is 4.41. The lowest BCUT2D eigenvalue weighted by Gasteiger charge is -2.34. The van der Waals surface area contributed by atoms with Crippen molar-refractivity contribution in [2.75, 3.05) is 47.5 Å². The van der Waals surface area contributed by atoms with Gasteiger partial charge in [-0.25, -0.2) is 4.98 Å². The highest BCUT2D eigenvalue weighted by Gasteiger charge is 2.22. The maximum Gasteiger partial charge on any atom is 0.273 e. The van der Waals surface area contributed by atoms with Crippen LogP contribution in [0.4, 0.5) is 0 Å². The molecule has 1 N–H and O–H groups in total. The van der Waals surface area contributed by atoms with Crippen LogP contribution in [0.5, 0.6) is 17.2 Å². The van der Waals surface area contributed by atoms with E-state index in [-0.39, 0.29) is 5.91 Å². The standard InChI is InChI=1S/C27H34N4O5/c1-19-6-5-7-20(14-19)15-28-27(32)22-18-36-24(29-22)17-31-12-10-30(11-13-31)16-21-8-9-23(33-2)26(35-4)25(21)34-3/h5-9,14,18H,10-13,15-17H2,1-4H3,(H,28,32). The number of rotatable bonds is 10. The maximum atomic E-state index is 12.5. The molecule has 1 aliphatic rings. The summed E-state index contributed by atoms with van der Waals surface area (Å²) in [6.07, 6.45) is 1.43. The van der Waals surface area contributed by atoms with E-state index in [1.807, 2.05) is 37.3 Å². The van der Waals surface area contributed by atoms with Gasteiger partial charge in [-0.1, -0.05) is 35.9 Å². The van der Waals surface area contributed by atoms with Crippen LogP contribution in [0.25, 0.3) is 0 Å². The van der Waals surface area contributed by atoms with Crippen LogP contribution in [0.15, 0.2) is 47.1 Å². The number of aromatic nitrogens is 1. The summed E-state index contributed by atoms with van der Waals surface area (Å²) >= 11 is 0. The molecule has 1 aliphatic heterocycles. The smallest absolute Gasteiger partial charge is 0.273 e. The summed E-state index contributed by atoms with van der Waals surface area (Å²) in [4.78, 5) is 21.5. The van der Waals surface area contributed by atoms with Gasteiger partial charge in [0, 0.05) is 44.8 Å². The van der Waals surface area contributed by atoms with Crippen LogP contribution in [-0.4, -0.2) is 68.2 Å². The summed E-state index contributed by atoms with van der Waals surface area (Å²) in [5.74, 6) is 2.27. The van der Waals surface area contributed by atoms with E-state index >= 15 is 0 Å². The van der Waals surface area contributed by atoms with Crippen molar-refractivity contribution in [3.63, 3.8) is 0 Å². The van der Waals surface area contributed by atoms with E-state index in [1.165, 1.54) is 6.26 Å². The summed E-state index contributed by atoms with van der Waals surface area (Å²) in [7, 11) is 4.88. The number of aryl methyl sites for hydroxylation is 1. The van der Waals surface area contributed by atoms with Gasteiger partial charge in [0.1, 0.15) is 6.26 Å². The number of amides is 1. The molecule has 0 bridgehead atoms. The zero-order valence-corrected chi connectivity index (χ0v) is 21.4. The van der Waals surface area contributed by atoms with Crippen LogP contribution in [0.1, 0.15) is 33.1 Å². The Bertz CT molecular complexity index is 1170. The average molecular weight is 495 g/mol. The molecule has 36 heavy (non-hydrogen) atoms. The van der Waals surface area contributed by atoms with Crippen molar-refractivity contribution >= 4 is 5.91 Å². The molecule has 1 saturated heterocycles. The minimum Gasteiger partial charge on any atom is -0.493 e. The molecule has 2 heterocycles. The van der Waals surface area contributed by atoms with Crippen LogP contribution in [-0.2, 0) is 19.6 Å². The Balaban J connectivity index is 1.27. The number of hydrogen-bond acceptors (Lipinski definition) is 8. The maximum absolute atomic E-state index is 12.5. The highest BCUT2D eigenvalue weighted by atomic mass is 16.5. The van der Waals surface area contributed by atoms with Crippen molar-refractivity contribution in [3.05, 3.63) is 70.9 Å². The van der Waals surface area contributed by atoms with Gasteiger partial charge in [0.15, 0.2) is 17.2 Å². The van der Waals surface area contributed by atoms with Crippen LogP contribution in [0.3, 0.4) is 0 Å². The Morgan fingerprint density at radius 3 is 2.36 bits per heavy atom. The van der Waals surface area contributed by atoms with E-state index in [2.05, 4.69) is 26.2 Å². The molecule has 0 radical (unpaired) electrons. The Labute approximate surface area is 212 Å². The molecule has 0 atom stereocenters. The predicted molar refractivity (Wildman–Crippen MR) is 136 cm³/mol. The lowest BCUT2D eigenvalue weighted by molar-refractivity contribution is 0.0945. The first-order chi connectivity index (χ1) is 17.5. The number of oxazole rings is 1. The average Bonchev–Trinajstić information content (AvgIpc) is 3.36. The van der Waals surface area contributed by atoms with Gasteiger partial charge in [0.25, 0.3) is 5.91 Å². The number of benzene rings is 2. The number of carbonyl (C=O) groups is 1. The molecule has 192 valence electrons. The summed E-state index contributed by atoms with van der Waals surface area (Å²) in [5, 5.41) is 2.90. The Morgan fingerprint density at radius 1 is 0.972 bits per heavy atom. The molecule has 0 unspecified atom stereocenters. The fourth-order valence-corrected chi connectivity index (χ4v) is 4.41. The van der Waals surface area contributed by atoms with E-state index in [4.69, 9.17) is 18.6 Å². The summed E-state index contributed by atoms with van der Waals surface area (Å²) < 4.78 is 22.1. The molecule has 1 fully saturated rings. The first-order valence-electron chi connectivity index (χ1n) is 12.0. The Morgan fingerprint density at radius 2 is 1.69 bits per heavy atom. The van der Waals surface area contributed by atoms with Crippen molar-refractivity contribution in [2.45, 2.75) is 26.6 Å². The van der Waals surface area contributed by atoms with Gasteiger partial charge in [-0.3, -0.25) is 14.6 Å². The van der Waals surface area contributed by atoms with Crippen LogP contribution in [0.2, 0.25) is 0 Å². The zero-order chi connectivity index (χ0) is 25.5. The van der Waals surface area contributed by atoms with Crippen LogP contribution >= 0.6 is 0 Å². The Hall–Kier alpha value is -3.56. The second kappa shape index (κ2) is 11.9. The number of methoxy groups -OCH3 is 3. The molecule has 9 heteroatoms. The highest BCUT2D eigenvalue weighted by Crippen LogP contribution is 2.40. The minimum atomic E-state index is -0.236. The van der Waals surface area contributed by atoms with E-state index in [1.54, 1.807) is 21.3 Å². The third kappa shape index (κ3) is 6.16. The molecule has 4 rings (SSSR count). The molecule has 0 saturated carbocycles. The number of carbonyl (C=O) groups excluding carboxylic acids is 1. The number of nitrogens with one attached hydrogen (secondary N) is 1. The van der Waals surface area contributed by atoms with Gasteiger partial charge in [-0.05, 0) is 18.6 Å². The molecule has 3 aromatic rings. The van der Waals surface area contributed by atoms with Crippen molar-refractivity contribution in [3.8, 4) is 17.2 Å². The molecule has 1 aromatic heterocycles. The largest absolute Gasteiger partial charge is 0.493 e.